The summed E-state index contributed by atoms with van der Waals surface area (Å²) in [5.41, 5.74) is 0.139. The predicted molar refractivity (Wildman–Crippen MR) is 112 cm³/mol. The molecule has 1 unspecified atom stereocenters. The molecule has 0 radical (unpaired) electrons. The Bertz CT molecular complexity index is 1190. The molecule has 5 nitrogen and oxygen atoms in total. The molecule has 2 aromatic heterocycles. The largest absolute Gasteiger partial charge is 0.364 e. The molecule has 0 saturated heterocycles. The van der Waals surface area contributed by atoms with Gasteiger partial charge in [-0.05, 0) is 55.3 Å². The number of amidine groups is 1. The van der Waals surface area contributed by atoms with Gasteiger partial charge in [-0.1, -0.05) is 23.7 Å². The van der Waals surface area contributed by atoms with Crippen molar-refractivity contribution in [1.82, 2.24) is 14.9 Å². The van der Waals surface area contributed by atoms with Crippen LogP contribution in [0.1, 0.15) is 30.5 Å². The van der Waals surface area contributed by atoms with Crippen molar-refractivity contribution in [1.29, 1.82) is 0 Å². The van der Waals surface area contributed by atoms with Crippen LogP contribution >= 0.6 is 11.6 Å². The lowest BCUT2D eigenvalue weighted by Gasteiger charge is -2.31. The first-order chi connectivity index (χ1) is 14.3. The highest BCUT2D eigenvalue weighted by Crippen LogP contribution is 2.41. The third-order valence-corrected chi connectivity index (χ3v) is 5.63. The van der Waals surface area contributed by atoms with E-state index in [-0.39, 0.29) is 6.04 Å². The fraction of sp³-hybridized carbons (Fsp3) is 0.227. The van der Waals surface area contributed by atoms with Crippen LogP contribution in [0.4, 0.5) is 8.78 Å². The van der Waals surface area contributed by atoms with Gasteiger partial charge in [0, 0.05) is 29.5 Å². The number of aromatic nitrogens is 2. The SMILES string of the molecule is CCn1cc(C2=NC(c3ccc(Cl)cc3)(c3ccnc(F)c3)[C@H](C)N2)cc(F)c1=O. The Morgan fingerprint density at radius 1 is 1.17 bits per heavy atom. The third-order valence-electron chi connectivity index (χ3n) is 5.38. The summed E-state index contributed by atoms with van der Waals surface area (Å²) in [7, 11) is 0. The number of hydrogen-bond donors (Lipinski definition) is 1. The molecule has 3 aromatic rings. The molecule has 1 aromatic carbocycles. The molecule has 0 spiro atoms. The van der Waals surface area contributed by atoms with Crippen molar-refractivity contribution in [3.05, 3.63) is 98.7 Å². The number of nitrogens with zero attached hydrogens (tertiary/aromatic N) is 3. The summed E-state index contributed by atoms with van der Waals surface area (Å²) in [5.74, 6) is -1.07. The number of nitrogens with one attached hydrogen (secondary N) is 1. The fourth-order valence-corrected chi connectivity index (χ4v) is 3.99. The number of hydrogen-bond acceptors (Lipinski definition) is 4. The zero-order valence-corrected chi connectivity index (χ0v) is 17.1. The number of benzene rings is 1. The molecule has 30 heavy (non-hydrogen) atoms. The molecule has 154 valence electrons. The van der Waals surface area contributed by atoms with Gasteiger partial charge >= 0.3 is 0 Å². The Morgan fingerprint density at radius 3 is 2.57 bits per heavy atom. The fourth-order valence-electron chi connectivity index (χ4n) is 3.87. The normalized spacial score (nSPS) is 20.7. The van der Waals surface area contributed by atoms with E-state index in [4.69, 9.17) is 16.6 Å². The summed E-state index contributed by atoms with van der Waals surface area (Å²) in [6.45, 7) is 3.99. The van der Waals surface area contributed by atoms with Crippen molar-refractivity contribution in [3.8, 4) is 0 Å². The minimum absolute atomic E-state index is 0.305. The van der Waals surface area contributed by atoms with Crippen LogP contribution in [0.25, 0.3) is 0 Å². The average molecular weight is 429 g/mol. The average Bonchev–Trinajstić information content (AvgIpc) is 3.08. The lowest BCUT2D eigenvalue weighted by molar-refractivity contribution is 0.449. The van der Waals surface area contributed by atoms with E-state index < -0.39 is 22.9 Å². The molecule has 0 saturated carbocycles. The molecule has 0 bridgehead atoms. The number of rotatable bonds is 4. The molecule has 0 amide bonds. The van der Waals surface area contributed by atoms with E-state index in [1.807, 2.05) is 19.1 Å². The summed E-state index contributed by atoms with van der Waals surface area (Å²) in [5, 5.41) is 3.85. The van der Waals surface area contributed by atoms with Crippen molar-refractivity contribution in [2.24, 2.45) is 4.99 Å². The van der Waals surface area contributed by atoms with Crippen molar-refractivity contribution >= 4 is 17.4 Å². The van der Waals surface area contributed by atoms with E-state index in [1.54, 1.807) is 31.3 Å². The molecule has 8 heteroatoms. The number of aryl methyl sites for hydroxylation is 1. The predicted octanol–water partition coefficient (Wildman–Crippen LogP) is 3.88. The van der Waals surface area contributed by atoms with Gasteiger partial charge in [-0.3, -0.25) is 4.79 Å². The number of aliphatic imine (C=N–C) groups is 1. The Hall–Kier alpha value is -3.06. The van der Waals surface area contributed by atoms with Crippen molar-refractivity contribution in [3.63, 3.8) is 0 Å². The van der Waals surface area contributed by atoms with Crippen LogP contribution in [-0.4, -0.2) is 21.4 Å². The van der Waals surface area contributed by atoms with E-state index in [0.29, 0.717) is 28.5 Å². The van der Waals surface area contributed by atoms with Crippen LogP contribution < -0.4 is 10.9 Å². The maximum absolute atomic E-state index is 14.2. The summed E-state index contributed by atoms with van der Waals surface area (Å²) in [6.07, 6.45) is 2.95. The second-order valence-corrected chi connectivity index (χ2v) is 7.57. The number of pyridine rings is 2. The van der Waals surface area contributed by atoms with Crippen LogP contribution in [-0.2, 0) is 12.1 Å². The first-order valence-corrected chi connectivity index (χ1v) is 9.87. The monoisotopic (exact) mass is 428 g/mol. The van der Waals surface area contributed by atoms with Gasteiger partial charge in [0.1, 0.15) is 11.4 Å². The highest BCUT2D eigenvalue weighted by atomic mass is 35.5. The zero-order valence-electron chi connectivity index (χ0n) is 16.4. The van der Waals surface area contributed by atoms with Gasteiger partial charge in [-0.2, -0.15) is 4.39 Å². The second kappa shape index (κ2) is 7.65. The van der Waals surface area contributed by atoms with Crippen molar-refractivity contribution in [2.45, 2.75) is 32.0 Å². The molecule has 3 heterocycles. The number of halogens is 3. The Labute approximate surface area is 177 Å². The van der Waals surface area contributed by atoms with E-state index in [2.05, 4.69) is 10.3 Å². The first kappa shape index (κ1) is 20.2. The van der Waals surface area contributed by atoms with Crippen LogP contribution in [0, 0.1) is 11.8 Å². The smallest absolute Gasteiger partial charge is 0.286 e. The molecule has 1 aliphatic rings. The van der Waals surface area contributed by atoms with Gasteiger partial charge in [0.2, 0.25) is 5.95 Å². The summed E-state index contributed by atoms with van der Waals surface area (Å²) >= 11 is 6.07. The van der Waals surface area contributed by atoms with Crippen molar-refractivity contribution < 1.29 is 8.78 Å². The van der Waals surface area contributed by atoms with Crippen LogP contribution in [0.15, 0.2) is 64.6 Å². The van der Waals surface area contributed by atoms with Crippen LogP contribution in [0.5, 0.6) is 0 Å². The quantitative estimate of drug-likeness (QED) is 0.642. The van der Waals surface area contributed by atoms with E-state index in [0.717, 1.165) is 11.6 Å². The van der Waals surface area contributed by atoms with Crippen LogP contribution in [0.3, 0.4) is 0 Å². The Morgan fingerprint density at radius 2 is 1.90 bits per heavy atom. The highest BCUT2D eigenvalue weighted by molar-refractivity contribution is 6.30. The Balaban J connectivity index is 1.95. The maximum Gasteiger partial charge on any atom is 0.286 e. The summed E-state index contributed by atoms with van der Waals surface area (Å²) < 4.78 is 29.5. The first-order valence-electron chi connectivity index (χ1n) is 9.50. The molecular weight excluding hydrogens is 410 g/mol. The van der Waals surface area contributed by atoms with E-state index in [9.17, 15) is 13.6 Å². The van der Waals surface area contributed by atoms with E-state index in [1.165, 1.54) is 16.8 Å². The topological polar surface area (TPSA) is 59.3 Å². The molecular formula is C22H19ClF2N4O. The van der Waals surface area contributed by atoms with Gasteiger partial charge in [-0.25, -0.2) is 14.4 Å². The summed E-state index contributed by atoms with van der Waals surface area (Å²) in [4.78, 5) is 20.5. The molecule has 0 aliphatic carbocycles. The maximum atomic E-state index is 14.2. The van der Waals surface area contributed by atoms with Gasteiger partial charge < -0.3 is 9.88 Å². The molecule has 4 rings (SSSR count). The molecule has 2 atom stereocenters. The second-order valence-electron chi connectivity index (χ2n) is 7.13. The van der Waals surface area contributed by atoms with Crippen LogP contribution in [0.2, 0.25) is 5.02 Å². The molecule has 1 N–H and O–H groups in total. The lowest BCUT2D eigenvalue weighted by atomic mass is 9.79. The van der Waals surface area contributed by atoms with Gasteiger partial charge in [0.05, 0.1) is 6.04 Å². The zero-order chi connectivity index (χ0) is 21.5. The minimum Gasteiger partial charge on any atom is -0.364 e. The summed E-state index contributed by atoms with van der Waals surface area (Å²) in [6, 6.07) is 11.1. The van der Waals surface area contributed by atoms with E-state index >= 15 is 0 Å². The third kappa shape index (κ3) is 3.29. The lowest BCUT2D eigenvalue weighted by Crippen LogP contribution is -2.41. The molecule has 1 aliphatic heterocycles. The molecule has 0 fully saturated rings. The van der Waals surface area contributed by atoms with Gasteiger partial charge in [-0.15, -0.1) is 0 Å². The highest BCUT2D eigenvalue weighted by Gasteiger charge is 2.45. The minimum atomic E-state index is -0.993. The van der Waals surface area contributed by atoms with Gasteiger partial charge in [0.15, 0.2) is 5.82 Å². The van der Waals surface area contributed by atoms with Crippen molar-refractivity contribution in [2.75, 3.05) is 0 Å². The van der Waals surface area contributed by atoms with Gasteiger partial charge in [0.25, 0.3) is 5.56 Å². The standard InChI is InChI=1S/C22H19ClF2N4O/c1-3-29-12-14(10-18(24)21(29)30)20-27-13(2)22(28-20,15-4-6-17(23)7-5-15)16-8-9-26-19(25)11-16/h4-13H,3H2,1-2H3,(H,27,28)/t13-,22?/m0/s1. The Kier molecular flexibility index (Phi) is 5.15.